The van der Waals surface area contributed by atoms with Gasteiger partial charge in [-0.2, -0.15) is 4.31 Å². The molecule has 1 aromatic rings. The molecule has 1 N–H and O–H groups in total. The number of benzene rings is 1. The van der Waals surface area contributed by atoms with Crippen molar-refractivity contribution in [3.8, 4) is 0 Å². The van der Waals surface area contributed by atoms with Gasteiger partial charge >= 0.3 is 0 Å². The van der Waals surface area contributed by atoms with Crippen LogP contribution in [0.4, 0.5) is 0 Å². The fraction of sp³-hybridized carbons (Fsp3) is 0.667. The van der Waals surface area contributed by atoms with Crippen molar-refractivity contribution in [3.05, 3.63) is 35.9 Å². The number of hydrogen-bond donors (Lipinski definition) is 1. The van der Waals surface area contributed by atoms with E-state index in [9.17, 15) is 13.2 Å². The van der Waals surface area contributed by atoms with Gasteiger partial charge in [0.15, 0.2) is 0 Å². The van der Waals surface area contributed by atoms with Gasteiger partial charge < -0.3 is 5.32 Å². The summed E-state index contributed by atoms with van der Waals surface area (Å²) >= 11 is 3.80. The summed E-state index contributed by atoms with van der Waals surface area (Å²) in [5.41, 5.74) is 0.543. The van der Waals surface area contributed by atoms with Crippen LogP contribution >= 0.6 is 15.9 Å². The van der Waals surface area contributed by atoms with Gasteiger partial charge in [0, 0.05) is 48.7 Å². The highest BCUT2D eigenvalue weighted by molar-refractivity contribution is 9.09. The molecule has 0 spiro atoms. The molecule has 2 atom stereocenters. The zero-order chi connectivity index (χ0) is 20.9. The number of nitrogens with one attached hydrogen (secondary N) is 1. The molecule has 0 radical (unpaired) electrons. The lowest BCUT2D eigenvalue weighted by Crippen LogP contribution is -2.63. The van der Waals surface area contributed by atoms with Crippen molar-refractivity contribution in [3.63, 3.8) is 0 Å². The quantitative estimate of drug-likeness (QED) is 0.602. The monoisotopic (exact) mass is 485 g/mol. The summed E-state index contributed by atoms with van der Waals surface area (Å²) in [6, 6.07) is 9.30. The molecule has 0 aromatic heterocycles. The lowest BCUT2D eigenvalue weighted by atomic mass is 9.79. The van der Waals surface area contributed by atoms with Crippen molar-refractivity contribution < 1.29 is 13.2 Å². The number of nitrogens with zero attached hydrogens (tertiary/aromatic N) is 2. The van der Waals surface area contributed by atoms with Crippen molar-refractivity contribution in [1.82, 2.24) is 14.5 Å². The summed E-state index contributed by atoms with van der Waals surface area (Å²) in [4.78, 5) is 15.5. The third-order valence-electron chi connectivity index (χ3n) is 6.14. The minimum absolute atomic E-state index is 0.0502. The Morgan fingerprint density at radius 3 is 2.52 bits per heavy atom. The van der Waals surface area contributed by atoms with E-state index < -0.39 is 10.0 Å². The Labute approximate surface area is 183 Å². The Morgan fingerprint density at radius 2 is 1.90 bits per heavy atom. The van der Waals surface area contributed by atoms with Gasteiger partial charge in [0.05, 0.1) is 5.75 Å². The molecule has 1 saturated heterocycles. The van der Waals surface area contributed by atoms with E-state index in [-0.39, 0.29) is 17.2 Å². The molecule has 1 aliphatic heterocycles. The van der Waals surface area contributed by atoms with Crippen LogP contribution in [0.1, 0.15) is 49.4 Å². The first-order chi connectivity index (χ1) is 13.9. The summed E-state index contributed by atoms with van der Waals surface area (Å²) in [5, 5.41) is 3.16. The van der Waals surface area contributed by atoms with Crippen LogP contribution in [-0.2, 0) is 10.0 Å². The minimum atomic E-state index is -3.15. The Kier molecular flexibility index (Phi) is 7.75. The van der Waals surface area contributed by atoms with Gasteiger partial charge in [-0.05, 0) is 37.8 Å². The molecule has 2 unspecified atom stereocenters. The number of carbonyl (C=O) groups is 1. The molecule has 1 aromatic carbocycles. The number of alkyl halides is 1. The van der Waals surface area contributed by atoms with Crippen molar-refractivity contribution in [2.75, 3.05) is 38.5 Å². The summed E-state index contributed by atoms with van der Waals surface area (Å²) in [7, 11) is -3.15. The van der Waals surface area contributed by atoms with Crippen LogP contribution in [0.5, 0.6) is 0 Å². The summed E-state index contributed by atoms with van der Waals surface area (Å²) < 4.78 is 26.5. The van der Waals surface area contributed by atoms with E-state index in [2.05, 4.69) is 26.1 Å². The molecular weight excluding hydrogens is 454 g/mol. The fourth-order valence-corrected chi connectivity index (χ4v) is 7.01. The van der Waals surface area contributed by atoms with Gasteiger partial charge in [-0.25, -0.2) is 8.42 Å². The highest BCUT2D eigenvalue weighted by Crippen LogP contribution is 2.37. The second-order valence-corrected chi connectivity index (χ2v) is 11.6. The SMILES string of the molecule is CCCS(=O)(=O)N1CCN(C2(CNC(=O)c3ccccc3)CCCC(Br)C2)CC1. The van der Waals surface area contributed by atoms with E-state index in [0.717, 1.165) is 25.7 Å². The number of piperazine rings is 1. The number of sulfonamides is 1. The topological polar surface area (TPSA) is 69.7 Å². The third kappa shape index (κ3) is 5.60. The zero-order valence-corrected chi connectivity index (χ0v) is 19.6. The predicted molar refractivity (Wildman–Crippen MR) is 120 cm³/mol. The first-order valence-corrected chi connectivity index (χ1v) is 13.1. The van der Waals surface area contributed by atoms with Crippen molar-refractivity contribution in [2.24, 2.45) is 0 Å². The molecule has 6 nitrogen and oxygen atoms in total. The van der Waals surface area contributed by atoms with Crippen LogP contribution in [0.2, 0.25) is 0 Å². The van der Waals surface area contributed by atoms with Crippen molar-refractivity contribution in [2.45, 2.75) is 49.4 Å². The molecule has 1 saturated carbocycles. The largest absolute Gasteiger partial charge is 0.350 e. The lowest BCUT2D eigenvalue weighted by Gasteiger charge is -2.50. The molecule has 3 rings (SSSR count). The first-order valence-electron chi connectivity index (χ1n) is 10.6. The molecule has 1 heterocycles. The van der Waals surface area contributed by atoms with Crippen LogP contribution in [-0.4, -0.2) is 72.4 Å². The van der Waals surface area contributed by atoms with Gasteiger partial charge in [0.1, 0.15) is 0 Å². The molecule has 162 valence electrons. The number of rotatable bonds is 7. The average molecular weight is 486 g/mol. The number of hydrogen-bond acceptors (Lipinski definition) is 4. The molecule has 1 aliphatic carbocycles. The standard InChI is InChI=1S/C21H32BrN3O3S/c1-2-15-29(27,28)25-13-11-24(12-14-25)21(10-6-9-19(22)16-21)17-23-20(26)18-7-4-3-5-8-18/h3-5,7-8,19H,2,6,9-17H2,1H3,(H,23,26). The second kappa shape index (κ2) is 9.90. The molecule has 8 heteroatoms. The van der Waals surface area contributed by atoms with Crippen LogP contribution in [0, 0.1) is 0 Å². The number of halogens is 1. The number of carbonyl (C=O) groups excluding carboxylic acids is 1. The maximum absolute atomic E-state index is 12.6. The average Bonchev–Trinajstić information content (AvgIpc) is 2.73. The maximum Gasteiger partial charge on any atom is 0.251 e. The molecule has 2 aliphatic rings. The molecule has 2 fully saturated rings. The van der Waals surface area contributed by atoms with Gasteiger partial charge in [0.2, 0.25) is 10.0 Å². The van der Waals surface area contributed by atoms with Crippen LogP contribution in [0.15, 0.2) is 30.3 Å². The zero-order valence-electron chi connectivity index (χ0n) is 17.1. The molecule has 0 bridgehead atoms. The molecule has 1 amide bonds. The van der Waals surface area contributed by atoms with Crippen LogP contribution in [0.3, 0.4) is 0 Å². The summed E-state index contributed by atoms with van der Waals surface area (Å²) in [6.07, 6.45) is 4.86. The third-order valence-corrected chi connectivity index (χ3v) is 9.00. The minimum Gasteiger partial charge on any atom is -0.350 e. The number of amides is 1. The fourth-order valence-electron chi connectivity index (χ4n) is 4.59. The Bertz CT molecular complexity index is 782. The Morgan fingerprint density at radius 1 is 1.21 bits per heavy atom. The van der Waals surface area contributed by atoms with E-state index in [1.165, 1.54) is 0 Å². The lowest BCUT2D eigenvalue weighted by molar-refractivity contribution is 0.0262. The van der Waals surface area contributed by atoms with Gasteiger partial charge in [-0.15, -0.1) is 0 Å². The summed E-state index contributed by atoms with van der Waals surface area (Å²) in [6.45, 7) is 4.97. The van der Waals surface area contributed by atoms with Gasteiger partial charge in [0.25, 0.3) is 5.91 Å². The summed E-state index contributed by atoms with van der Waals surface area (Å²) in [5.74, 6) is 0.167. The van der Waals surface area contributed by atoms with E-state index >= 15 is 0 Å². The van der Waals surface area contributed by atoms with Gasteiger partial charge in [-0.3, -0.25) is 9.69 Å². The Balaban J connectivity index is 1.68. The smallest absolute Gasteiger partial charge is 0.251 e. The highest BCUT2D eigenvalue weighted by Gasteiger charge is 2.43. The maximum atomic E-state index is 12.6. The highest BCUT2D eigenvalue weighted by atomic mass is 79.9. The van der Waals surface area contributed by atoms with E-state index in [4.69, 9.17) is 0 Å². The van der Waals surface area contributed by atoms with Crippen LogP contribution < -0.4 is 5.32 Å². The van der Waals surface area contributed by atoms with Crippen molar-refractivity contribution >= 4 is 31.9 Å². The first kappa shape index (κ1) is 22.7. The molecule has 29 heavy (non-hydrogen) atoms. The predicted octanol–water partition coefficient (Wildman–Crippen LogP) is 2.85. The Hall–Kier alpha value is -0.960. The van der Waals surface area contributed by atoms with E-state index in [0.29, 0.717) is 49.5 Å². The van der Waals surface area contributed by atoms with Gasteiger partial charge in [-0.1, -0.05) is 47.5 Å². The molecular formula is C21H32BrN3O3S. The van der Waals surface area contributed by atoms with E-state index in [1.54, 1.807) is 4.31 Å². The normalized spacial score (nSPS) is 26.9. The van der Waals surface area contributed by atoms with E-state index in [1.807, 2.05) is 37.3 Å². The second-order valence-electron chi connectivity index (χ2n) is 8.17. The van der Waals surface area contributed by atoms with Crippen LogP contribution in [0.25, 0.3) is 0 Å². The van der Waals surface area contributed by atoms with Crippen molar-refractivity contribution in [1.29, 1.82) is 0 Å².